The summed E-state index contributed by atoms with van der Waals surface area (Å²) in [6.07, 6.45) is 5.03. The standard InChI is InChI=1S/C29H41N7O4/c1-7-29(5,21-10-11-31-26-25(21)38-14-15-39-26)18-33-24-16-22(34-19-35-24)20-8-9-23(32-17-20)30-12-13-36(6)27(37)40-28(2,3)4/h8-11,16-17,19,27,37H,7,12-15,18H2,1-6H3,(H,30,32)(H,33,34,35). The van der Waals surface area contributed by atoms with E-state index in [2.05, 4.69) is 44.4 Å². The van der Waals surface area contributed by atoms with Crippen LogP contribution >= 0.6 is 0 Å². The van der Waals surface area contributed by atoms with E-state index in [4.69, 9.17) is 14.2 Å². The summed E-state index contributed by atoms with van der Waals surface area (Å²) in [7, 11) is 1.81. The lowest BCUT2D eigenvalue weighted by molar-refractivity contribution is -0.231. The first-order valence-electron chi connectivity index (χ1n) is 13.7. The second kappa shape index (κ2) is 12.8. The maximum atomic E-state index is 10.2. The number of aliphatic hydroxyl groups excluding tert-OH is 1. The summed E-state index contributed by atoms with van der Waals surface area (Å²) in [5.41, 5.74) is 2.07. The van der Waals surface area contributed by atoms with E-state index in [-0.39, 0.29) is 5.41 Å². The molecule has 1 aliphatic rings. The molecule has 11 heteroatoms. The van der Waals surface area contributed by atoms with Crippen molar-refractivity contribution >= 4 is 11.6 Å². The first kappa shape index (κ1) is 29.4. The molecule has 3 N–H and O–H groups in total. The lowest BCUT2D eigenvalue weighted by Crippen LogP contribution is -2.41. The van der Waals surface area contributed by atoms with Gasteiger partial charge in [-0.15, -0.1) is 0 Å². The summed E-state index contributed by atoms with van der Waals surface area (Å²) < 4.78 is 17.2. The Morgan fingerprint density at radius 3 is 2.55 bits per heavy atom. The topological polar surface area (TPSA) is 127 Å². The van der Waals surface area contributed by atoms with E-state index in [0.717, 1.165) is 40.6 Å². The largest absolute Gasteiger partial charge is 0.484 e. The number of fused-ring (bicyclic) bond motifs is 1. The minimum atomic E-state index is -0.967. The summed E-state index contributed by atoms with van der Waals surface area (Å²) in [6.45, 7) is 12.9. The van der Waals surface area contributed by atoms with Crippen molar-refractivity contribution in [2.45, 2.75) is 58.5 Å². The Hall–Kier alpha value is -3.54. The molecule has 0 bridgehead atoms. The molecule has 1 aliphatic heterocycles. The zero-order valence-electron chi connectivity index (χ0n) is 24.3. The number of anilines is 2. The highest BCUT2D eigenvalue weighted by Gasteiger charge is 2.31. The van der Waals surface area contributed by atoms with Gasteiger partial charge >= 0.3 is 0 Å². The van der Waals surface area contributed by atoms with Crippen LogP contribution in [0.2, 0.25) is 0 Å². The number of nitrogens with zero attached hydrogens (tertiary/aromatic N) is 5. The fourth-order valence-electron chi connectivity index (χ4n) is 4.26. The van der Waals surface area contributed by atoms with E-state index in [0.29, 0.717) is 38.7 Å². The van der Waals surface area contributed by atoms with Crippen LogP contribution in [-0.2, 0) is 10.2 Å². The van der Waals surface area contributed by atoms with E-state index in [1.165, 1.54) is 0 Å². The number of hydrogen-bond donors (Lipinski definition) is 3. The molecule has 0 amide bonds. The van der Waals surface area contributed by atoms with E-state index in [9.17, 15) is 5.11 Å². The van der Waals surface area contributed by atoms with Gasteiger partial charge < -0.3 is 30.0 Å². The zero-order valence-corrected chi connectivity index (χ0v) is 24.3. The van der Waals surface area contributed by atoms with E-state index < -0.39 is 12.0 Å². The minimum absolute atomic E-state index is 0.226. The Balaban J connectivity index is 1.35. The average molecular weight is 552 g/mol. The third-order valence-electron chi connectivity index (χ3n) is 6.86. The second-order valence-electron chi connectivity index (χ2n) is 11.1. The second-order valence-corrected chi connectivity index (χ2v) is 11.1. The lowest BCUT2D eigenvalue weighted by atomic mass is 9.79. The molecule has 0 aliphatic carbocycles. The smallest absolute Gasteiger partial charge is 0.257 e. The number of rotatable bonds is 12. The molecule has 0 aromatic carbocycles. The molecule has 216 valence electrons. The maximum absolute atomic E-state index is 10.2. The number of aliphatic hydroxyl groups is 1. The van der Waals surface area contributed by atoms with Crippen molar-refractivity contribution in [3.63, 3.8) is 0 Å². The molecule has 0 saturated carbocycles. The normalized spacial score (nSPS) is 15.4. The van der Waals surface area contributed by atoms with Gasteiger partial charge in [0.05, 0.1) is 11.3 Å². The van der Waals surface area contributed by atoms with Crippen LogP contribution in [0.25, 0.3) is 11.3 Å². The van der Waals surface area contributed by atoms with Crippen LogP contribution in [-0.4, -0.2) is 81.9 Å². The van der Waals surface area contributed by atoms with Crippen LogP contribution in [0.3, 0.4) is 0 Å². The van der Waals surface area contributed by atoms with Crippen LogP contribution in [0.15, 0.2) is 43.0 Å². The highest BCUT2D eigenvalue weighted by molar-refractivity contribution is 5.62. The highest BCUT2D eigenvalue weighted by Crippen LogP contribution is 2.40. The molecule has 0 spiro atoms. The summed E-state index contributed by atoms with van der Waals surface area (Å²) >= 11 is 0. The molecule has 0 fully saturated rings. The third-order valence-corrected chi connectivity index (χ3v) is 6.86. The van der Waals surface area contributed by atoms with Crippen LogP contribution in [0.4, 0.5) is 11.6 Å². The fourth-order valence-corrected chi connectivity index (χ4v) is 4.26. The first-order chi connectivity index (χ1) is 19.1. The molecule has 4 rings (SSSR count). The van der Waals surface area contributed by atoms with Gasteiger partial charge in [-0.2, -0.15) is 0 Å². The number of aromatic nitrogens is 4. The molecule has 0 radical (unpaired) electrons. The quantitative estimate of drug-likeness (QED) is 0.284. The Labute approximate surface area is 236 Å². The number of pyridine rings is 2. The lowest BCUT2D eigenvalue weighted by Gasteiger charge is -2.32. The summed E-state index contributed by atoms with van der Waals surface area (Å²) in [5, 5.41) is 16.9. The van der Waals surface area contributed by atoms with Crippen molar-refractivity contribution in [2.24, 2.45) is 0 Å². The number of nitrogens with one attached hydrogen (secondary N) is 2. The highest BCUT2D eigenvalue weighted by atomic mass is 16.6. The molecule has 2 atom stereocenters. The SMILES string of the molecule is CCC(C)(CNc1cc(-c2ccc(NCCN(C)C(O)OC(C)(C)C)nc2)ncn1)c1ccnc2c1OCCO2. The summed E-state index contributed by atoms with van der Waals surface area (Å²) in [5.74, 6) is 2.74. The van der Waals surface area contributed by atoms with Crippen molar-refractivity contribution in [3.05, 3.63) is 48.5 Å². The van der Waals surface area contributed by atoms with E-state index >= 15 is 0 Å². The predicted octanol–water partition coefficient (Wildman–Crippen LogP) is 3.92. The number of ether oxygens (including phenoxy) is 3. The Bertz CT molecular complexity index is 1250. The summed E-state index contributed by atoms with van der Waals surface area (Å²) in [4.78, 5) is 19.5. The van der Waals surface area contributed by atoms with Crippen molar-refractivity contribution in [3.8, 4) is 22.9 Å². The Morgan fingerprint density at radius 2 is 1.82 bits per heavy atom. The Kier molecular flexibility index (Phi) is 9.39. The molecule has 3 aromatic rings. The van der Waals surface area contributed by atoms with Crippen molar-refractivity contribution in [2.75, 3.05) is 50.5 Å². The fraction of sp³-hybridized carbons (Fsp3) is 0.517. The van der Waals surface area contributed by atoms with Crippen LogP contribution in [0.5, 0.6) is 11.6 Å². The predicted molar refractivity (Wildman–Crippen MR) is 155 cm³/mol. The maximum Gasteiger partial charge on any atom is 0.257 e. The van der Waals surface area contributed by atoms with Gasteiger partial charge in [-0.1, -0.05) is 13.8 Å². The Morgan fingerprint density at radius 1 is 1.02 bits per heavy atom. The molecule has 2 unspecified atom stereocenters. The molecule has 4 heterocycles. The van der Waals surface area contributed by atoms with Gasteiger partial charge in [0.2, 0.25) is 6.41 Å². The van der Waals surface area contributed by atoms with Crippen LogP contribution in [0.1, 0.15) is 46.6 Å². The van der Waals surface area contributed by atoms with Gasteiger partial charge in [0.15, 0.2) is 5.75 Å². The average Bonchev–Trinajstić information content (AvgIpc) is 2.95. The van der Waals surface area contributed by atoms with E-state index in [1.807, 2.05) is 52.1 Å². The molecular weight excluding hydrogens is 510 g/mol. The van der Waals surface area contributed by atoms with Gasteiger partial charge in [-0.3, -0.25) is 4.90 Å². The van der Waals surface area contributed by atoms with E-state index in [1.54, 1.807) is 23.6 Å². The van der Waals surface area contributed by atoms with Crippen LogP contribution < -0.4 is 20.1 Å². The van der Waals surface area contributed by atoms with Crippen LogP contribution in [0, 0.1) is 0 Å². The van der Waals surface area contributed by atoms with Crippen molar-refractivity contribution < 1.29 is 19.3 Å². The van der Waals surface area contributed by atoms with Gasteiger partial charge in [0, 0.05) is 54.6 Å². The monoisotopic (exact) mass is 551 g/mol. The number of likely N-dealkylation sites (N-methyl/N-ethyl adjacent to an activating group) is 1. The molecule has 40 heavy (non-hydrogen) atoms. The zero-order chi connectivity index (χ0) is 28.8. The molecular formula is C29H41N7O4. The van der Waals surface area contributed by atoms with Gasteiger partial charge in [0.1, 0.15) is 31.2 Å². The molecule has 11 nitrogen and oxygen atoms in total. The number of hydrogen-bond acceptors (Lipinski definition) is 11. The first-order valence-corrected chi connectivity index (χ1v) is 13.7. The molecule has 0 saturated heterocycles. The van der Waals surface area contributed by atoms with Gasteiger partial charge in [0.25, 0.3) is 5.88 Å². The summed E-state index contributed by atoms with van der Waals surface area (Å²) in [6, 6.07) is 7.81. The molecule has 3 aromatic heterocycles. The van der Waals surface area contributed by atoms with Gasteiger partial charge in [-0.05, 0) is 52.4 Å². The minimum Gasteiger partial charge on any atom is -0.484 e. The van der Waals surface area contributed by atoms with Crippen molar-refractivity contribution in [1.29, 1.82) is 0 Å². The van der Waals surface area contributed by atoms with Crippen molar-refractivity contribution in [1.82, 2.24) is 24.8 Å². The third kappa shape index (κ3) is 7.56. The van der Waals surface area contributed by atoms with Gasteiger partial charge in [-0.25, -0.2) is 19.9 Å².